The quantitative estimate of drug-likeness (QED) is 0.783. The Balaban J connectivity index is 1.68. The van der Waals surface area contributed by atoms with E-state index in [4.69, 9.17) is 5.11 Å². The van der Waals surface area contributed by atoms with Gasteiger partial charge >= 0.3 is 0 Å². The van der Waals surface area contributed by atoms with Gasteiger partial charge in [0.2, 0.25) is 5.13 Å². The number of benzene rings is 1. The standard InChI is InChI=1S/C17H24N4O2S/c1-20(7-8-22)9-14-10-21(11-15(14)12-23)17-19-18-16(24-17)13-5-3-2-4-6-13/h2-6,14-15,22-23H,7-12H2,1H3/t14-,15-/m1/s1. The van der Waals surface area contributed by atoms with E-state index in [2.05, 4.69) is 20.0 Å². The number of aromatic nitrogens is 2. The van der Waals surface area contributed by atoms with Crippen LogP contribution in [0.3, 0.4) is 0 Å². The molecule has 2 atom stereocenters. The molecule has 7 heteroatoms. The molecule has 2 N–H and O–H groups in total. The molecule has 0 unspecified atom stereocenters. The minimum Gasteiger partial charge on any atom is -0.396 e. The molecule has 130 valence electrons. The highest BCUT2D eigenvalue weighted by molar-refractivity contribution is 7.18. The number of nitrogens with zero attached hydrogens (tertiary/aromatic N) is 4. The number of aliphatic hydroxyl groups excluding tert-OH is 2. The Labute approximate surface area is 146 Å². The molecule has 1 fully saturated rings. The predicted molar refractivity (Wildman–Crippen MR) is 96.2 cm³/mol. The van der Waals surface area contributed by atoms with Crippen LogP contribution in [0, 0.1) is 11.8 Å². The fourth-order valence-corrected chi connectivity index (χ4v) is 4.08. The Morgan fingerprint density at radius 2 is 1.92 bits per heavy atom. The van der Waals surface area contributed by atoms with Crippen LogP contribution >= 0.6 is 11.3 Å². The minimum atomic E-state index is 0.160. The summed E-state index contributed by atoms with van der Waals surface area (Å²) in [6.45, 7) is 3.53. The van der Waals surface area contributed by atoms with Gasteiger partial charge in [0.05, 0.1) is 6.61 Å². The van der Waals surface area contributed by atoms with Crippen molar-refractivity contribution in [1.82, 2.24) is 15.1 Å². The predicted octanol–water partition coefficient (Wildman–Crippen LogP) is 1.17. The van der Waals surface area contributed by atoms with Gasteiger partial charge in [0.25, 0.3) is 0 Å². The van der Waals surface area contributed by atoms with Crippen molar-refractivity contribution in [2.45, 2.75) is 0 Å². The molecule has 2 heterocycles. The third kappa shape index (κ3) is 3.92. The molecule has 2 aromatic rings. The summed E-state index contributed by atoms with van der Waals surface area (Å²) in [6, 6.07) is 10.1. The zero-order valence-corrected chi connectivity index (χ0v) is 14.7. The summed E-state index contributed by atoms with van der Waals surface area (Å²) < 4.78 is 0. The minimum absolute atomic E-state index is 0.160. The monoisotopic (exact) mass is 348 g/mol. The third-order valence-electron chi connectivity index (χ3n) is 4.54. The second-order valence-corrected chi connectivity index (χ2v) is 7.31. The topological polar surface area (TPSA) is 72.7 Å². The Morgan fingerprint density at radius 3 is 2.62 bits per heavy atom. The summed E-state index contributed by atoms with van der Waals surface area (Å²) in [7, 11) is 2.01. The van der Waals surface area contributed by atoms with Crippen molar-refractivity contribution in [3.05, 3.63) is 30.3 Å². The van der Waals surface area contributed by atoms with Crippen molar-refractivity contribution >= 4 is 16.5 Å². The van der Waals surface area contributed by atoms with Crippen molar-refractivity contribution in [3.63, 3.8) is 0 Å². The number of likely N-dealkylation sites (N-methyl/N-ethyl adjacent to an activating group) is 1. The van der Waals surface area contributed by atoms with Crippen LogP contribution in [0.25, 0.3) is 10.6 Å². The maximum atomic E-state index is 9.70. The molecule has 1 aromatic carbocycles. The van der Waals surface area contributed by atoms with Crippen molar-refractivity contribution in [2.75, 3.05) is 51.3 Å². The number of rotatable bonds is 7. The smallest absolute Gasteiger partial charge is 0.208 e. The van der Waals surface area contributed by atoms with Crippen LogP contribution < -0.4 is 4.90 Å². The first-order chi connectivity index (χ1) is 11.7. The molecular weight excluding hydrogens is 324 g/mol. The largest absolute Gasteiger partial charge is 0.396 e. The first-order valence-corrected chi connectivity index (χ1v) is 9.07. The van der Waals surface area contributed by atoms with Crippen LogP contribution in [-0.4, -0.2) is 71.8 Å². The van der Waals surface area contributed by atoms with Gasteiger partial charge in [-0.2, -0.15) is 0 Å². The Morgan fingerprint density at radius 1 is 1.17 bits per heavy atom. The molecule has 6 nitrogen and oxygen atoms in total. The molecule has 1 aliphatic heterocycles. The zero-order valence-electron chi connectivity index (χ0n) is 13.9. The lowest BCUT2D eigenvalue weighted by molar-refractivity contribution is 0.160. The second kappa shape index (κ2) is 8.02. The van der Waals surface area contributed by atoms with Crippen molar-refractivity contribution in [2.24, 2.45) is 11.8 Å². The van der Waals surface area contributed by atoms with Gasteiger partial charge in [0, 0.05) is 44.3 Å². The van der Waals surface area contributed by atoms with E-state index in [0.29, 0.717) is 12.5 Å². The van der Waals surface area contributed by atoms with Crippen LogP contribution in [-0.2, 0) is 0 Å². The van der Waals surface area contributed by atoms with Crippen LogP contribution in [0.2, 0.25) is 0 Å². The maximum absolute atomic E-state index is 9.70. The number of hydrogen-bond donors (Lipinski definition) is 2. The summed E-state index contributed by atoms with van der Waals surface area (Å²) in [4.78, 5) is 4.34. The molecular formula is C17H24N4O2S. The van der Waals surface area contributed by atoms with E-state index in [1.165, 1.54) is 0 Å². The van der Waals surface area contributed by atoms with Gasteiger partial charge < -0.3 is 20.0 Å². The van der Waals surface area contributed by atoms with E-state index in [0.717, 1.165) is 35.3 Å². The van der Waals surface area contributed by atoms with E-state index in [1.807, 2.05) is 37.4 Å². The average Bonchev–Trinajstić information content (AvgIpc) is 3.22. The third-order valence-corrected chi connectivity index (χ3v) is 5.58. The van der Waals surface area contributed by atoms with Gasteiger partial charge in [-0.1, -0.05) is 41.7 Å². The van der Waals surface area contributed by atoms with E-state index in [9.17, 15) is 5.11 Å². The van der Waals surface area contributed by atoms with Gasteiger partial charge in [0.15, 0.2) is 0 Å². The summed E-state index contributed by atoms with van der Waals surface area (Å²) in [5.74, 6) is 0.603. The number of hydrogen-bond acceptors (Lipinski definition) is 7. The van der Waals surface area contributed by atoms with Crippen molar-refractivity contribution in [3.8, 4) is 10.6 Å². The van der Waals surface area contributed by atoms with Crippen molar-refractivity contribution in [1.29, 1.82) is 0 Å². The van der Waals surface area contributed by atoms with E-state index < -0.39 is 0 Å². The van der Waals surface area contributed by atoms with Gasteiger partial charge in [0.1, 0.15) is 5.01 Å². The maximum Gasteiger partial charge on any atom is 0.208 e. The highest BCUT2D eigenvalue weighted by Crippen LogP contribution is 2.33. The van der Waals surface area contributed by atoms with Crippen LogP contribution in [0.5, 0.6) is 0 Å². The Bertz CT molecular complexity index is 637. The van der Waals surface area contributed by atoms with Crippen molar-refractivity contribution < 1.29 is 10.2 Å². The molecule has 0 aliphatic carbocycles. The van der Waals surface area contributed by atoms with Gasteiger partial charge in [-0.15, -0.1) is 10.2 Å². The SMILES string of the molecule is CN(CCO)C[C@@H]1CN(c2nnc(-c3ccccc3)s2)C[C@@H]1CO. The van der Waals surface area contributed by atoms with Gasteiger partial charge in [-0.25, -0.2) is 0 Å². The van der Waals surface area contributed by atoms with Crippen LogP contribution in [0.4, 0.5) is 5.13 Å². The highest BCUT2D eigenvalue weighted by atomic mass is 32.1. The molecule has 0 radical (unpaired) electrons. The lowest BCUT2D eigenvalue weighted by atomic mass is 9.96. The summed E-state index contributed by atoms with van der Waals surface area (Å²) in [6.07, 6.45) is 0. The Hall–Kier alpha value is -1.54. The zero-order chi connectivity index (χ0) is 16.9. The van der Waals surface area contributed by atoms with Crippen LogP contribution in [0.1, 0.15) is 0 Å². The molecule has 0 amide bonds. The molecule has 1 saturated heterocycles. The fourth-order valence-electron chi connectivity index (χ4n) is 3.21. The molecule has 1 aromatic heterocycles. The summed E-state index contributed by atoms with van der Waals surface area (Å²) >= 11 is 1.60. The lowest BCUT2D eigenvalue weighted by Crippen LogP contribution is -2.33. The van der Waals surface area contributed by atoms with Gasteiger partial charge in [-0.05, 0) is 13.0 Å². The van der Waals surface area contributed by atoms with E-state index >= 15 is 0 Å². The second-order valence-electron chi connectivity index (χ2n) is 6.35. The molecule has 0 bridgehead atoms. The fraction of sp³-hybridized carbons (Fsp3) is 0.529. The summed E-state index contributed by atoms with van der Waals surface area (Å²) in [5.41, 5.74) is 1.08. The molecule has 0 saturated carbocycles. The number of aliphatic hydroxyl groups is 2. The van der Waals surface area contributed by atoms with Crippen LogP contribution in [0.15, 0.2) is 30.3 Å². The first kappa shape index (κ1) is 17.3. The lowest BCUT2D eigenvalue weighted by Gasteiger charge is -2.22. The average molecular weight is 348 g/mol. The number of anilines is 1. The van der Waals surface area contributed by atoms with E-state index in [1.54, 1.807) is 11.3 Å². The van der Waals surface area contributed by atoms with Gasteiger partial charge in [-0.3, -0.25) is 0 Å². The summed E-state index contributed by atoms with van der Waals surface area (Å²) in [5, 5.41) is 29.3. The first-order valence-electron chi connectivity index (χ1n) is 8.25. The molecule has 0 spiro atoms. The highest BCUT2D eigenvalue weighted by Gasteiger charge is 2.34. The molecule has 1 aliphatic rings. The normalized spacial score (nSPS) is 20.9. The Kier molecular flexibility index (Phi) is 5.78. The molecule has 3 rings (SSSR count). The molecule has 24 heavy (non-hydrogen) atoms. The van der Waals surface area contributed by atoms with E-state index in [-0.39, 0.29) is 19.1 Å².